The van der Waals surface area contributed by atoms with Crippen LogP contribution in [-0.2, 0) is 0 Å². The molecule has 0 spiro atoms. The molecule has 1 aromatic carbocycles. The predicted molar refractivity (Wildman–Crippen MR) is 83.8 cm³/mol. The van der Waals surface area contributed by atoms with Crippen molar-refractivity contribution in [2.24, 2.45) is 0 Å². The number of ketones is 1. The molecule has 0 bridgehead atoms. The summed E-state index contributed by atoms with van der Waals surface area (Å²) in [6.07, 6.45) is 0. The molecule has 1 heterocycles. The topological polar surface area (TPSA) is 20.3 Å². The summed E-state index contributed by atoms with van der Waals surface area (Å²) in [4.78, 5) is 14.5. The summed E-state index contributed by atoms with van der Waals surface area (Å²) in [7, 11) is 0. The first-order valence-corrected chi connectivity index (χ1v) is 7.96. The Hall–Kier alpha value is -0.220. The maximum absolute atomic E-state index is 12.3. The van der Waals surface area contributed by atoms with Crippen molar-refractivity contribution in [3.8, 4) is 0 Å². The molecule has 0 amide bonds. The Bertz CT molecular complexity index is 490. The molecule has 0 saturated carbocycles. The molecule has 2 rings (SSSR count). The van der Waals surface area contributed by atoms with E-state index >= 15 is 0 Å². The van der Waals surface area contributed by atoms with Crippen LogP contribution in [0.1, 0.15) is 24.2 Å². The molecule has 0 radical (unpaired) electrons. The molecule has 1 aromatic rings. The molecule has 2 nitrogen and oxygen atoms in total. The zero-order chi connectivity index (χ0) is 14.0. The van der Waals surface area contributed by atoms with Gasteiger partial charge in [0.05, 0.1) is 11.6 Å². The van der Waals surface area contributed by atoms with E-state index in [9.17, 15) is 4.79 Å². The molecule has 0 atom stereocenters. The Kier molecular flexibility index (Phi) is 4.83. The van der Waals surface area contributed by atoms with E-state index in [1.807, 2.05) is 11.8 Å². The molecular weight excluding hydrogens is 301 g/mol. The number of hydrogen-bond donors (Lipinski definition) is 0. The van der Waals surface area contributed by atoms with E-state index in [1.165, 1.54) is 0 Å². The average Bonchev–Trinajstić information content (AvgIpc) is 2.27. The van der Waals surface area contributed by atoms with Gasteiger partial charge in [0.1, 0.15) is 0 Å². The molecule has 1 aliphatic heterocycles. The Morgan fingerprint density at radius 3 is 2.79 bits per heavy atom. The van der Waals surface area contributed by atoms with E-state index in [2.05, 4.69) is 18.7 Å². The van der Waals surface area contributed by atoms with E-state index in [-0.39, 0.29) is 10.5 Å². The fourth-order valence-corrected chi connectivity index (χ4v) is 3.94. The maximum atomic E-state index is 12.3. The Morgan fingerprint density at radius 1 is 1.42 bits per heavy atom. The van der Waals surface area contributed by atoms with Crippen LogP contribution in [0.3, 0.4) is 0 Å². The molecule has 5 heteroatoms. The summed E-state index contributed by atoms with van der Waals surface area (Å²) < 4.78 is 0.211. The van der Waals surface area contributed by atoms with E-state index in [0.29, 0.717) is 22.2 Å². The second-order valence-electron chi connectivity index (χ2n) is 5.37. The number of carbonyl (C=O) groups excluding carboxylic acids is 1. The number of hydrogen-bond acceptors (Lipinski definition) is 3. The van der Waals surface area contributed by atoms with Gasteiger partial charge in [0, 0.05) is 34.2 Å². The monoisotopic (exact) mass is 317 g/mol. The summed E-state index contributed by atoms with van der Waals surface area (Å²) in [6.45, 7) is 6.72. The van der Waals surface area contributed by atoms with Crippen LogP contribution < -0.4 is 0 Å². The van der Waals surface area contributed by atoms with Crippen molar-refractivity contribution >= 4 is 40.7 Å². The molecule has 19 heavy (non-hydrogen) atoms. The van der Waals surface area contributed by atoms with Gasteiger partial charge in [-0.25, -0.2) is 0 Å². The highest BCUT2D eigenvalue weighted by atomic mass is 35.5. The van der Waals surface area contributed by atoms with Crippen molar-refractivity contribution in [1.82, 2.24) is 4.90 Å². The summed E-state index contributed by atoms with van der Waals surface area (Å²) in [5.74, 6) is 1.12. The first-order chi connectivity index (χ1) is 8.87. The quantitative estimate of drug-likeness (QED) is 0.786. The van der Waals surface area contributed by atoms with Gasteiger partial charge in [-0.05, 0) is 32.0 Å². The third-order valence-corrected chi connectivity index (χ3v) is 4.95. The van der Waals surface area contributed by atoms with Crippen LogP contribution in [0.4, 0.5) is 0 Å². The minimum absolute atomic E-state index is 0.0596. The third kappa shape index (κ3) is 4.12. The standard InChI is InChI=1S/C14H17Cl2NOS/c1-14(2)9-17(5-6-19-14)8-13(18)11-4-3-10(15)7-12(11)16/h3-4,7H,5-6,8-9H2,1-2H3. The van der Waals surface area contributed by atoms with Gasteiger partial charge in [0.15, 0.2) is 5.78 Å². The van der Waals surface area contributed by atoms with Crippen LogP contribution in [0.2, 0.25) is 10.0 Å². The second-order valence-corrected chi connectivity index (χ2v) is 8.01. The zero-order valence-corrected chi connectivity index (χ0v) is 13.4. The van der Waals surface area contributed by atoms with Gasteiger partial charge >= 0.3 is 0 Å². The summed E-state index contributed by atoms with van der Waals surface area (Å²) >= 11 is 13.9. The van der Waals surface area contributed by atoms with E-state index in [4.69, 9.17) is 23.2 Å². The van der Waals surface area contributed by atoms with Gasteiger partial charge in [0.25, 0.3) is 0 Å². The van der Waals surface area contributed by atoms with Crippen LogP contribution in [0, 0.1) is 0 Å². The molecule has 104 valence electrons. The van der Waals surface area contributed by atoms with E-state index < -0.39 is 0 Å². The van der Waals surface area contributed by atoms with Gasteiger partial charge < -0.3 is 0 Å². The number of thioether (sulfide) groups is 1. The lowest BCUT2D eigenvalue weighted by Gasteiger charge is -2.37. The van der Waals surface area contributed by atoms with Crippen molar-refractivity contribution in [3.05, 3.63) is 33.8 Å². The first kappa shape index (κ1) is 15.2. The average molecular weight is 318 g/mol. The lowest BCUT2D eigenvalue weighted by Crippen LogP contribution is -2.45. The van der Waals surface area contributed by atoms with Crippen LogP contribution in [-0.4, -0.2) is 40.8 Å². The zero-order valence-electron chi connectivity index (χ0n) is 11.1. The highest BCUT2D eigenvalue weighted by Gasteiger charge is 2.28. The number of nitrogens with zero attached hydrogens (tertiary/aromatic N) is 1. The molecular formula is C14H17Cl2NOS. The minimum atomic E-state index is 0.0596. The minimum Gasteiger partial charge on any atom is -0.294 e. The van der Waals surface area contributed by atoms with Gasteiger partial charge in [0.2, 0.25) is 0 Å². The largest absolute Gasteiger partial charge is 0.294 e. The van der Waals surface area contributed by atoms with Crippen molar-refractivity contribution in [2.45, 2.75) is 18.6 Å². The van der Waals surface area contributed by atoms with Crippen LogP contribution in [0.5, 0.6) is 0 Å². The summed E-state index contributed by atoms with van der Waals surface area (Å²) in [6, 6.07) is 5.03. The van der Waals surface area contributed by atoms with Gasteiger partial charge in [-0.3, -0.25) is 9.69 Å². The van der Waals surface area contributed by atoms with Crippen LogP contribution in [0.15, 0.2) is 18.2 Å². The normalized spacial score (nSPS) is 19.4. The van der Waals surface area contributed by atoms with Crippen molar-refractivity contribution < 1.29 is 4.79 Å². The SMILES string of the molecule is CC1(C)CN(CC(=O)c2ccc(Cl)cc2Cl)CCS1. The fraction of sp³-hybridized carbons (Fsp3) is 0.500. The Balaban J connectivity index is 2.04. The Morgan fingerprint density at radius 2 is 2.16 bits per heavy atom. The Labute approximate surface area is 128 Å². The first-order valence-electron chi connectivity index (χ1n) is 6.22. The maximum Gasteiger partial charge on any atom is 0.178 e. The molecule has 0 aromatic heterocycles. The fourth-order valence-electron chi connectivity index (χ4n) is 2.25. The predicted octanol–water partition coefficient (Wildman–Crippen LogP) is 4.00. The number of Topliss-reactive ketones (excluding diaryl/α,β-unsaturated/α-hetero) is 1. The number of halogens is 2. The van der Waals surface area contributed by atoms with E-state index in [1.54, 1.807) is 18.2 Å². The molecule has 1 saturated heterocycles. The van der Waals surface area contributed by atoms with Gasteiger partial charge in [-0.2, -0.15) is 11.8 Å². The van der Waals surface area contributed by atoms with Crippen molar-refractivity contribution in [1.29, 1.82) is 0 Å². The van der Waals surface area contributed by atoms with Crippen molar-refractivity contribution in [3.63, 3.8) is 0 Å². The smallest absolute Gasteiger partial charge is 0.178 e. The second kappa shape index (κ2) is 6.04. The molecule has 1 fully saturated rings. The lowest BCUT2D eigenvalue weighted by molar-refractivity contribution is 0.0928. The number of carbonyl (C=O) groups is 1. The van der Waals surface area contributed by atoms with Crippen LogP contribution in [0.25, 0.3) is 0 Å². The van der Waals surface area contributed by atoms with Gasteiger partial charge in [-0.1, -0.05) is 23.2 Å². The summed E-state index contributed by atoms with van der Waals surface area (Å²) in [5.41, 5.74) is 0.557. The van der Waals surface area contributed by atoms with Gasteiger partial charge in [-0.15, -0.1) is 0 Å². The summed E-state index contributed by atoms with van der Waals surface area (Å²) in [5, 5.41) is 0.986. The number of rotatable bonds is 3. The lowest BCUT2D eigenvalue weighted by atomic mass is 10.1. The molecule has 1 aliphatic rings. The molecule has 0 unspecified atom stereocenters. The van der Waals surface area contributed by atoms with E-state index in [0.717, 1.165) is 18.8 Å². The number of benzene rings is 1. The molecule has 0 aliphatic carbocycles. The van der Waals surface area contributed by atoms with Crippen molar-refractivity contribution in [2.75, 3.05) is 25.4 Å². The van der Waals surface area contributed by atoms with Crippen LogP contribution >= 0.6 is 35.0 Å². The highest BCUT2D eigenvalue weighted by molar-refractivity contribution is 8.00. The highest BCUT2D eigenvalue weighted by Crippen LogP contribution is 2.29. The molecule has 0 N–H and O–H groups in total. The third-order valence-electron chi connectivity index (χ3n) is 3.10.